The molecule has 0 bridgehead atoms. The minimum atomic E-state index is 0.00137. The van der Waals surface area contributed by atoms with Crippen LogP contribution in [0.4, 0.5) is 5.69 Å². The number of aromatic nitrogens is 2. The molecule has 0 aliphatic carbocycles. The fourth-order valence-corrected chi connectivity index (χ4v) is 3.54. The van der Waals surface area contributed by atoms with E-state index in [0.29, 0.717) is 6.42 Å². The molecule has 0 unspecified atom stereocenters. The van der Waals surface area contributed by atoms with E-state index < -0.39 is 0 Å². The molecule has 128 valence electrons. The highest BCUT2D eigenvalue weighted by atomic mass is 16.1. The highest BCUT2D eigenvalue weighted by Crippen LogP contribution is 2.36. The minimum Gasteiger partial charge on any atom is -0.325 e. The second-order valence-electron chi connectivity index (χ2n) is 8.03. The van der Waals surface area contributed by atoms with Gasteiger partial charge in [0.25, 0.3) is 0 Å². The van der Waals surface area contributed by atoms with Gasteiger partial charge in [0.1, 0.15) is 5.65 Å². The molecule has 0 radical (unpaired) electrons. The number of hydrogen-bond donors (Lipinski definition) is 1. The van der Waals surface area contributed by atoms with Crippen LogP contribution in [0.3, 0.4) is 0 Å². The number of carbonyl (C=O) groups is 1. The molecule has 1 N–H and O–H groups in total. The Labute approximate surface area is 147 Å². The van der Waals surface area contributed by atoms with Crippen LogP contribution in [-0.4, -0.2) is 15.3 Å². The first-order chi connectivity index (χ1) is 11.7. The van der Waals surface area contributed by atoms with E-state index in [9.17, 15) is 4.79 Å². The number of pyridine rings is 1. The molecule has 3 heterocycles. The van der Waals surface area contributed by atoms with Gasteiger partial charge in [0.15, 0.2) is 0 Å². The average molecular weight is 333 g/mol. The fraction of sp³-hybridized carbons (Fsp3) is 0.333. The van der Waals surface area contributed by atoms with E-state index in [0.717, 1.165) is 39.3 Å². The number of amides is 1. The Morgan fingerprint density at radius 2 is 1.92 bits per heavy atom. The monoisotopic (exact) mass is 333 g/mol. The fourth-order valence-electron chi connectivity index (χ4n) is 3.54. The van der Waals surface area contributed by atoms with Gasteiger partial charge in [0, 0.05) is 29.1 Å². The number of imidazole rings is 1. The van der Waals surface area contributed by atoms with Crippen LogP contribution in [-0.2, 0) is 16.6 Å². The summed E-state index contributed by atoms with van der Waals surface area (Å²) in [4.78, 5) is 16.7. The van der Waals surface area contributed by atoms with Crippen LogP contribution in [0.2, 0.25) is 0 Å². The Morgan fingerprint density at radius 3 is 2.64 bits per heavy atom. The largest absolute Gasteiger partial charge is 0.325 e. The van der Waals surface area contributed by atoms with Crippen LogP contribution in [0.5, 0.6) is 0 Å². The van der Waals surface area contributed by atoms with E-state index in [1.807, 2.05) is 0 Å². The van der Waals surface area contributed by atoms with Gasteiger partial charge >= 0.3 is 0 Å². The number of fused-ring (bicyclic) bond motifs is 2. The molecule has 1 aromatic carbocycles. The van der Waals surface area contributed by atoms with Crippen molar-refractivity contribution in [2.45, 2.75) is 46.5 Å². The van der Waals surface area contributed by atoms with Crippen molar-refractivity contribution in [1.82, 2.24) is 9.38 Å². The van der Waals surface area contributed by atoms with Crippen molar-refractivity contribution in [1.29, 1.82) is 0 Å². The van der Waals surface area contributed by atoms with Gasteiger partial charge in [-0.25, -0.2) is 4.98 Å². The average Bonchev–Trinajstić information content (AvgIpc) is 3.09. The first kappa shape index (κ1) is 15.9. The molecule has 4 heteroatoms. The number of nitrogens with zero attached hydrogens (tertiary/aromatic N) is 2. The predicted octanol–water partition coefficient (Wildman–Crippen LogP) is 4.41. The van der Waals surface area contributed by atoms with Crippen LogP contribution in [0, 0.1) is 13.8 Å². The van der Waals surface area contributed by atoms with Gasteiger partial charge in [0.05, 0.1) is 12.1 Å². The number of benzene rings is 1. The maximum absolute atomic E-state index is 11.8. The van der Waals surface area contributed by atoms with Crippen molar-refractivity contribution < 1.29 is 4.79 Å². The highest BCUT2D eigenvalue weighted by Gasteiger charge is 2.23. The Bertz CT molecular complexity index is 1020. The van der Waals surface area contributed by atoms with E-state index in [-0.39, 0.29) is 11.3 Å². The van der Waals surface area contributed by atoms with Crippen molar-refractivity contribution in [3.05, 3.63) is 53.0 Å². The molecule has 0 spiro atoms. The van der Waals surface area contributed by atoms with Crippen LogP contribution < -0.4 is 5.32 Å². The number of anilines is 1. The summed E-state index contributed by atoms with van der Waals surface area (Å²) in [5.74, 6) is 0.0704. The normalized spacial score (nSPS) is 14.0. The highest BCUT2D eigenvalue weighted by molar-refractivity contribution is 6.01. The molecule has 1 aliphatic heterocycles. The zero-order valence-corrected chi connectivity index (χ0v) is 15.4. The lowest BCUT2D eigenvalue weighted by Crippen LogP contribution is -2.11. The third-order valence-electron chi connectivity index (χ3n) is 4.93. The minimum absolute atomic E-state index is 0.00137. The van der Waals surface area contributed by atoms with Gasteiger partial charge in [-0.15, -0.1) is 0 Å². The molecule has 2 aromatic heterocycles. The molecule has 4 rings (SSSR count). The maximum atomic E-state index is 11.8. The summed E-state index contributed by atoms with van der Waals surface area (Å²) in [6, 6.07) is 6.41. The molecule has 0 atom stereocenters. The molecule has 0 fully saturated rings. The third-order valence-corrected chi connectivity index (χ3v) is 4.93. The van der Waals surface area contributed by atoms with Crippen molar-refractivity contribution >= 4 is 17.2 Å². The molecule has 25 heavy (non-hydrogen) atoms. The molecule has 0 saturated carbocycles. The topological polar surface area (TPSA) is 46.4 Å². The smallest absolute Gasteiger partial charge is 0.228 e. The first-order valence-electron chi connectivity index (χ1n) is 8.66. The quantitative estimate of drug-likeness (QED) is 0.717. The summed E-state index contributed by atoms with van der Waals surface area (Å²) >= 11 is 0. The van der Waals surface area contributed by atoms with Gasteiger partial charge in [0.2, 0.25) is 5.91 Å². The molecule has 0 saturated heterocycles. The number of rotatable bonds is 1. The molecule has 3 aromatic rings. The zero-order chi connectivity index (χ0) is 17.9. The van der Waals surface area contributed by atoms with Gasteiger partial charge in [-0.2, -0.15) is 0 Å². The molecule has 1 aliphatic rings. The number of aryl methyl sites for hydroxylation is 2. The summed E-state index contributed by atoms with van der Waals surface area (Å²) in [7, 11) is 0. The van der Waals surface area contributed by atoms with Gasteiger partial charge in [-0.3, -0.25) is 4.79 Å². The van der Waals surface area contributed by atoms with E-state index >= 15 is 0 Å². The lowest BCUT2D eigenvalue weighted by atomic mass is 9.93. The zero-order valence-electron chi connectivity index (χ0n) is 15.4. The summed E-state index contributed by atoms with van der Waals surface area (Å²) in [6.07, 6.45) is 4.64. The van der Waals surface area contributed by atoms with Gasteiger partial charge < -0.3 is 9.72 Å². The summed E-state index contributed by atoms with van der Waals surface area (Å²) in [5, 5.41) is 2.96. The van der Waals surface area contributed by atoms with Crippen molar-refractivity contribution in [2.75, 3.05) is 5.32 Å². The van der Waals surface area contributed by atoms with E-state index in [2.05, 4.69) is 74.9 Å². The second kappa shape index (κ2) is 5.19. The second-order valence-corrected chi connectivity index (χ2v) is 8.03. The number of hydrogen-bond acceptors (Lipinski definition) is 2. The molecule has 4 nitrogen and oxygen atoms in total. The van der Waals surface area contributed by atoms with Crippen LogP contribution >= 0.6 is 0 Å². The Hall–Kier alpha value is -2.62. The van der Waals surface area contributed by atoms with Crippen LogP contribution in [0.25, 0.3) is 16.8 Å². The lowest BCUT2D eigenvalue weighted by Gasteiger charge is -2.14. The van der Waals surface area contributed by atoms with Gasteiger partial charge in [-0.05, 0) is 54.3 Å². The van der Waals surface area contributed by atoms with Gasteiger partial charge in [-0.1, -0.05) is 20.8 Å². The molecular weight excluding hydrogens is 310 g/mol. The lowest BCUT2D eigenvalue weighted by molar-refractivity contribution is -0.115. The summed E-state index contributed by atoms with van der Waals surface area (Å²) < 4.78 is 2.11. The standard InChI is InChI=1S/C21H23N3O/c1-12-6-7-24-11-16(21(3,4)5)22-20(24)18(12)14-8-13(2)19-15(9-14)10-17(25)23-19/h6-9,11H,10H2,1-5H3,(H,23,25). The first-order valence-corrected chi connectivity index (χ1v) is 8.66. The van der Waals surface area contributed by atoms with Crippen molar-refractivity contribution in [2.24, 2.45) is 0 Å². The van der Waals surface area contributed by atoms with Crippen molar-refractivity contribution in [3.8, 4) is 11.1 Å². The Balaban J connectivity index is 1.97. The third kappa shape index (κ3) is 2.53. The predicted molar refractivity (Wildman–Crippen MR) is 101 cm³/mol. The Kier molecular flexibility index (Phi) is 3.29. The SMILES string of the molecule is Cc1cc(-c2c(C)ccn3cc(C(C)(C)C)nc23)cc2c1NC(=O)C2. The molecule has 1 amide bonds. The van der Waals surface area contributed by atoms with Crippen LogP contribution in [0.15, 0.2) is 30.6 Å². The van der Waals surface area contributed by atoms with E-state index in [4.69, 9.17) is 4.98 Å². The summed E-state index contributed by atoms with van der Waals surface area (Å²) in [6.45, 7) is 10.7. The van der Waals surface area contributed by atoms with E-state index in [1.54, 1.807) is 0 Å². The number of carbonyl (C=O) groups excluding carboxylic acids is 1. The number of nitrogens with one attached hydrogen (secondary N) is 1. The van der Waals surface area contributed by atoms with E-state index in [1.165, 1.54) is 5.56 Å². The molecular formula is C21H23N3O. The van der Waals surface area contributed by atoms with Crippen molar-refractivity contribution in [3.63, 3.8) is 0 Å². The summed E-state index contributed by atoms with van der Waals surface area (Å²) in [5.41, 5.74) is 8.65. The van der Waals surface area contributed by atoms with Crippen LogP contribution in [0.1, 0.15) is 43.2 Å². The Morgan fingerprint density at radius 1 is 1.16 bits per heavy atom. The maximum Gasteiger partial charge on any atom is 0.228 e.